The minimum Gasteiger partial charge on any atom is -0.273 e. The molecule has 0 amide bonds. The Kier molecular flexibility index (Phi) is 13.4. The number of aromatic nitrogens is 4. The molecule has 0 unspecified atom stereocenters. The van der Waals surface area contributed by atoms with Crippen molar-refractivity contribution >= 4 is 24.8 Å². The quantitative estimate of drug-likeness (QED) is 0.657. The van der Waals surface area contributed by atoms with Gasteiger partial charge in [0.05, 0.1) is 0 Å². The molecule has 0 atom stereocenters. The summed E-state index contributed by atoms with van der Waals surface area (Å²) in [6.07, 6.45) is 0. The summed E-state index contributed by atoms with van der Waals surface area (Å²) in [7, 11) is 0. The first-order valence-corrected chi connectivity index (χ1v) is 5.29. The van der Waals surface area contributed by atoms with E-state index in [0.717, 1.165) is 22.8 Å². The third-order valence-electron chi connectivity index (χ3n) is 2.87. The molecule has 0 aliphatic carbocycles. The summed E-state index contributed by atoms with van der Waals surface area (Å²) < 4.78 is 0. The smallest absolute Gasteiger partial charge is 0.273 e. The molecule has 0 N–H and O–H groups in total. The average Bonchev–Trinajstić information content (AvgIpc) is 2.70. The number of nitrogens with zero attached hydrogens (tertiary/aromatic N) is 4. The van der Waals surface area contributed by atoms with Crippen LogP contribution < -0.4 is 0 Å². The maximum Gasteiger partial charge on any atom is 2.00 e. The molecule has 0 bridgehead atoms. The van der Waals surface area contributed by atoms with Crippen molar-refractivity contribution in [3.63, 3.8) is 0 Å². The van der Waals surface area contributed by atoms with Crippen LogP contribution in [0.2, 0.25) is 0 Å². The van der Waals surface area contributed by atoms with Crippen LogP contribution in [-0.4, -0.2) is 20.4 Å². The molecule has 106 valence electrons. The molecule has 0 fully saturated rings. The Hall–Kier alpha value is -0.117. The molecule has 0 aliphatic heterocycles. The van der Waals surface area contributed by atoms with Crippen LogP contribution in [0.3, 0.4) is 0 Å². The molecule has 2 aromatic heterocycles. The van der Waals surface area contributed by atoms with Crippen LogP contribution >= 0.6 is 24.8 Å². The Morgan fingerprint density at radius 3 is 1.00 bits per heavy atom. The molecular formula is C12H20Cl2N4Zr. The number of aryl methyl sites for hydroxylation is 4. The summed E-state index contributed by atoms with van der Waals surface area (Å²) in [4.78, 5) is 0. The van der Waals surface area contributed by atoms with E-state index in [1.165, 1.54) is 11.1 Å². The number of rotatable bonds is 0. The predicted molar refractivity (Wildman–Crippen MR) is 78.2 cm³/mol. The second-order valence-corrected chi connectivity index (χ2v) is 3.99. The Balaban J connectivity index is -0.000000233. The van der Waals surface area contributed by atoms with E-state index in [1.807, 2.05) is 41.5 Å². The van der Waals surface area contributed by atoms with Gasteiger partial charge in [0.25, 0.3) is 0 Å². The summed E-state index contributed by atoms with van der Waals surface area (Å²) >= 11 is 0. The number of hydrogen-bond acceptors (Lipinski definition) is 4. The maximum absolute atomic E-state index is 3.87. The number of halogens is 2. The average molecular weight is 382 g/mol. The van der Waals surface area contributed by atoms with Crippen LogP contribution in [-0.2, 0) is 26.2 Å². The monoisotopic (exact) mass is 380 g/mol. The minimum absolute atomic E-state index is 0. The van der Waals surface area contributed by atoms with Gasteiger partial charge in [-0.1, -0.05) is 64.3 Å². The van der Waals surface area contributed by atoms with Gasteiger partial charge in [-0.25, -0.2) is 0 Å². The van der Waals surface area contributed by atoms with Crippen molar-refractivity contribution in [1.82, 2.24) is 20.4 Å². The molecule has 0 saturated heterocycles. The van der Waals surface area contributed by atoms with Crippen molar-refractivity contribution in [3.05, 3.63) is 33.9 Å². The van der Waals surface area contributed by atoms with Crippen LogP contribution in [0.1, 0.15) is 33.9 Å². The molecule has 2 rings (SSSR count). The molecule has 4 nitrogen and oxygen atoms in total. The van der Waals surface area contributed by atoms with Crippen LogP contribution in [0.5, 0.6) is 0 Å². The molecule has 0 aliphatic rings. The molecule has 0 radical (unpaired) electrons. The summed E-state index contributed by atoms with van der Waals surface area (Å²) in [5.74, 6) is 0. The fourth-order valence-corrected chi connectivity index (χ4v) is 1.12. The Labute approximate surface area is 146 Å². The zero-order valence-electron chi connectivity index (χ0n) is 12.1. The molecular weight excluding hydrogens is 362 g/mol. The van der Waals surface area contributed by atoms with Crippen LogP contribution in [0.25, 0.3) is 0 Å². The molecule has 19 heavy (non-hydrogen) atoms. The third kappa shape index (κ3) is 6.73. The first kappa shape index (κ1) is 23.9. The van der Waals surface area contributed by atoms with Gasteiger partial charge in [-0.3, -0.25) is 20.4 Å². The van der Waals surface area contributed by atoms with Crippen molar-refractivity contribution in [2.24, 2.45) is 0 Å². The molecule has 0 saturated carbocycles. The van der Waals surface area contributed by atoms with Gasteiger partial charge in [-0.2, -0.15) is 11.1 Å². The van der Waals surface area contributed by atoms with E-state index >= 15 is 0 Å². The second-order valence-electron chi connectivity index (χ2n) is 3.99. The van der Waals surface area contributed by atoms with E-state index in [9.17, 15) is 0 Å². The summed E-state index contributed by atoms with van der Waals surface area (Å²) in [6, 6.07) is 0. The maximum atomic E-state index is 3.87. The zero-order valence-corrected chi connectivity index (χ0v) is 16.2. The zero-order chi connectivity index (χ0) is 12.3. The van der Waals surface area contributed by atoms with Crippen molar-refractivity contribution in [3.8, 4) is 0 Å². The van der Waals surface area contributed by atoms with Gasteiger partial charge in [0.2, 0.25) is 0 Å². The predicted octanol–water partition coefficient (Wildman–Crippen LogP) is 3.08. The van der Waals surface area contributed by atoms with Crippen LogP contribution in [0.15, 0.2) is 0 Å². The fraction of sp³-hybridized carbons (Fsp3) is 0.500. The van der Waals surface area contributed by atoms with E-state index in [1.54, 1.807) is 0 Å². The van der Waals surface area contributed by atoms with E-state index in [0.29, 0.717) is 0 Å². The van der Waals surface area contributed by atoms with Gasteiger partial charge in [-0.05, 0) is 0 Å². The molecule has 7 heteroatoms. The SMILES string of the molecule is Cc1nn[c-](C)c1C.Cc1nn[c-](C)c1C.Cl.Cl.[Zr+2]. The largest absolute Gasteiger partial charge is 2.00 e. The molecule has 0 aromatic carbocycles. The fourth-order valence-electron chi connectivity index (χ4n) is 1.12. The molecule has 0 spiro atoms. The van der Waals surface area contributed by atoms with Gasteiger partial charge < -0.3 is 0 Å². The Bertz CT molecular complexity index is 397. The van der Waals surface area contributed by atoms with Gasteiger partial charge >= 0.3 is 26.2 Å². The van der Waals surface area contributed by atoms with Gasteiger partial charge in [0.15, 0.2) is 0 Å². The summed E-state index contributed by atoms with van der Waals surface area (Å²) in [5.41, 5.74) is 6.60. The first-order chi connectivity index (χ1) is 7.43. The van der Waals surface area contributed by atoms with Gasteiger partial charge in [0, 0.05) is 0 Å². The normalized spacial score (nSPS) is 8.32. The van der Waals surface area contributed by atoms with E-state index < -0.39 is 0 Å². The van der Waals surface area contributed by atoms with Gasteiger partial charge in [-0.15, -0.1) is 24.8 Å². The first-order valence-electron chi connectivity index (χ1n) is 5.29. The summed E-state index contributed by atoms with van der Waals surface area (Å²) in [6.45, 7) is 11.9. The van der Waals surface area contributed by atoms with Crippen molar-refractivity contribution in [1.29, 1.82) is 0 Å². The second kappa shape index (κ2) is 10.6. The summed E-state index contributed by atoms with van der Waals surface area (Å²) in [5, 5.41) is 15.5. The topological polar surface area (TPSA) is 51.6 Å². The minimum atomic E-state index is 0. The number of hydrogen-bond donors (Lipinski definition) is 0. The van der Waals surface area contributed by atoms with E-state index in [-0.39, 0.29) is 51.0 Å². The van der Waals surface area contributed by atoms with Crippen LogP contribution in [0.4, 0.5) is 0 Å². The third-order valence-corrected chi connectivity index (χ3v) is 2.87. The Morgan fingerprint density at radius 2 is 0.947 bits per heavy atom. The van der Waals surface area contributed by atoms with E-state index in [2.05, 4.69) is 20.4 Å². The Morgan fingerprint density at radius 1 is 0.684 bits per heavy atom. The standard InChI is InChI=1S/2C6H9N2.2ClH.Zr/c2*1-4-5(2)7-8-6(4)3;;;/h2*1-3H3;2*1H;/q2*-1;;;+2. The molecule has 2 aromatic rings. The molecule has 2 heterocycles. The van der Waals surface area contributed by atoms with Crippen LogP contribution in [0, 0.1) is 41.5 Å². The van der Waals surface area contributed by atoms with Gasteiger partial charge in [0.1, 0.15) is 0 Å². The van der Waals surface area contributed by atoms with E-state index in [4.69, 9.17) is 0 Å². The van der Waals surface area contributed by atoms with Crippen molar-refractivity contribution in [2.45, 2.75) is 41.5 Å². The van der Waals surface area contributed by atoms with Crippen molar-refractivity contribution in [2.75, 3.05) is 0 Å². The van der Waals surface area contributed by atoms with Crippen molar-refractivity contribution < 1.29 is 26.2 Å².